The zero-order chi connectivity index (χ0) is 19.8. The quantitative estimate of drug-likeness (QED) is 0.853. The Hall–Kier alpha value is -2.73. The second kappa shape index (κ2) is 7.36. The highest BCUT2D eigenvalue weighted by Gasteiger charge is 2.28. The van der Waals surface area contributed by atoms with Gasteiger partial charge in [0.25, 0.3) is 5.91 Å². The minimum Gasteiger partial charge on any atom is -0.508 e. The van der Waals surface area contributed by atoms with Gasteiger partial charge in [0.05, 0.1) is 18.8 Å². The lowest BCUT2D eigenvalue weighted by molar-refractivity contribution is 0.0748. The molecule has 2 heterocycles. The predicted octanol–water partition coefficient (Wildman–Crippen LogP) is 3.21. The Balaban J connectivity index is 1.56. The number of carbonyl (C=O) groups is 1. The summed E-state index contributed by atoms with van der Waals surface area (Å²) in [6, 6.07) is 9.23. The van der Waals surface area contributed by atoms with Crippen molar-refractivity contribution >= 4 is 11.6 Å². The molecule has 0 bridgehead atoms. The van der Waals surface area contributed by atoms with Crippen LogP contribution >= 0.6 is 0 Å². The van der Waals surface area contributed by atoms with E-state index in [0.29, 0.717) is 18.7 Å². The Kier molecular flexibility index (Phi) is 4.89. The average molecular weight is 382 g/mol. The first kappa shape index (κ1) is 18.6. The fourth-order valence-corrected chi connectivity index (χ4v) is 3.94. The average Bonchev–Trinajstić information content (AvgIpc) is 3.11. The maximum atomic E-state index is 13.1. The number of phenols is 2. The van der Waals surface area contributed by atoms with Gasteiger partial charge >= 0.3 is 0 Å². The molecule has 148 valence electrons. The molecule has 0 radical (unpaired) electrons. The zero-order valence-corrected chi connectivity index (χ0v) is 16.3. The van der Waals surface area contributed by atoms with Crippen molar-refractivity contribution in [2.24, 2.45) is 0 Å². The van der Waals surface area contributed by atoms with Gasteiger partial charge in [-0.15, -0.1) is 0 Å². The Labute approximate surface area is 165 Å². The van der Waals surface area contributed by atoms with Crippen molar-refractivity contribution in [3.8, 4) is 11.5 Å². The first-order valence-electron chi connectivity index (χ1n) is 9.73. The number of benzene rings is 2. The van der Waals surface area contributed by atoms with Gasteiger partial charge in [-0.2, -0.15) is 0 Å². The van der Waals surface area contributed by atoms with Gasteiger partial charge in [-0.05, 0) is 40.8 Å². The summed E-state index contributed by atoms with van der Waals surface area (Å²) in [4.78, 5) is 17.1. The van der Waals surface area contributed by atoms with E-state index in [1.54, 1.807) is 11.0 Å². The summed E-state index contributed by atoms with van der Waals surface area (Å²) >= 11 is 0. The second-order valence-corrected chi connectivity index (χ2v) is 7.80. The smallest absolute Gasteiger partial charge is 0.258 e. The van der Waals surface area contributed by atoms with Crippen molar-refractivity contribution in [1.82, 2.24) is 4.90 Å². The number of rotatable bonds is 3. The predicted molar refractivity (Wildman–Crippen MR) is 107 cm³/mol. The first-order valence-corrected chi connectivity index (χ1v) is 9.73. The summed E-state index contributed by atoms with van der Waals surface area (Å²) in [6.45, 7) is 8.15. The fraction of sp³-hybridized carbons (Fsp3) is 0.409. The van der Waals surface area contributed by atoms with Gasteiger partial charge in [0.1, 0.15) is 11.5 Å². The van der Waals surface area contributed by atoms with E-state index < -0.39 is 0 Å². The van der Waals surface area contributed by atoms with E-state index in [9.17, 15) is 15.0 Å². The molecule has 28 heavy (non-hydrogen) atoms. The van der Waals surface area contributed by atoms with Gasteiger partial charge in [-0.3, -0.25) is 4.79 Å². The third kappa shape index (κ3) is 3.40. The van der Waals surface area contributed by atoms with Crippen molar-refractivity contribution in [2.75, 3.05) is 31.2 Å². The molecule has 0 saturated carbocycles. The number of hydrogen-bond donors (Lipinski definition) is 2. The minimum absolute atomic E-state index is 0.0175. The van der Waals surface area contributed by atoms with Gasteiger partial charge in [0.2, 0.25) is 0 Å². The first-order chi connectivity index (χ1) is 13.4. The molecule has 1 fully saturated rings. The molecule has 0 unspecified atom stereocenters. The van der Waals surface area contributed by atoms with Crippen LogP contribution in [0.25, 0.3) is 0 Å². The van der Waals surface area contributed by atoms with E-state index in [0.717, 1.165) is 43.1 Å². The number of anilines is 1. The van der Waals surface area contributed by atoms with E-state index in [-0.39, 0.29) is 28.9 Å². The topological polar surface area (TPSA) is 73.2 Å². The summed E-state index contributed by atoms with van der Waals surface area (Å²) in [5.41, 5.74) is 4.33. The SMILES string of the molecule is CC(C)c1cc(C(=O)N2Cc3ccc(N4CCOCC4)cc3C2)c(O)cc1O. The number of nitrogens with zero attached hydrogens (tertiary/aromatic N) is 2. The molecular weight excluding hydrogens is 356 g/mol. The minimum atomic E-state index is -0.219. The van der Waals surface area contributed by atoms with E-state index >= 15 is 0 Å². The number of hydrogen-bond acceptors (Lipinski definition) is 5. The normalized spacial score (nSPS) is 16.5. The van der Waals surface area contributed by atoms with Crippen LogP contribution in [0, 0.1) is 0 Å². The van der Waals surface area contributed by atoms with Crippen LogP contribution in [0.5, 0.6) is 11.5 Å². The van der Waals surface area contributed by atoms with Crippen molar-refractivity contribution < 1.29 is 19.7 Å². The molecule has 2 aliphatic rings. The van der Waals surface area contributed by atoms with Crippen LogP contribution in [0.15, 0.2) is 30.3 Å². The number of morpholine rings is 1. The number of ether oxygens (including phenoxy) is 1. The molecule has 2 aromatic rings. The molecule has 6 nitrogen and oxygen atoms in total. The molecule has 2 N–H and O–H groups in total. The maximum absolute atomic E-state index is 13.1. The Morgan fingerprint density at radius 3 is 2.43 bits per heavy atom. The third-order valence-corrected chi connectivity index (χ3v) is 5.57. The highest BCUT2D eigenvalue weighted by molar-refractivity contribution is 5.97. The maximum Gasteiger partial charge on any atom is 0.258 e. The highest BCUT2D eigenvalue weighted by atomic mass is 16.5. The van der Waals surface area contributed by atoms with Gasteiger partial charge < -0.3 is 24.7 Å². The Bertz CT molecular complexity index is 904. The van der Waals surface area contributed by atoms with E-state index in [4.69, 9.17) is 4.74 Å². The van der Waals surface area contributed by atoms with Crippen LogP contribution in [0.3, 0.4) is 0 Å². The van der Waals surface area contributed by atoms with Crippen molar-refractivity contribution in [3.05, 3.63) is 52.6 Å². The monoisotopic (exact) mass is 382 g/mol. The standard InChI is InChI=1S/C22H26N2O4/c1-14(2)18-10-19(21(26)11-20(18)25)22(27)24-12-15-3-4-17(9-16(15)13-24)23-5-7-28-8-6-23/h3-4,9-11,14,25-26H,5-8,12-13H2,1-2H3. The van der Waals surface area contributed by atoms with Crippen LogP contribution < -0.4 is 4.90 Å². The Morgan fingerprint density at radius 1 is 1.00 bits per heavy atom. The lowest BCUT2D eigenvalue weighted by atomic mass is 9.98. The number of phenolic OH excluding ortho intramolecular Hbond substituents is 2. The van der Waals surface area contributed by atoms with Gasteiger partial charge in [0.15, 0.2) is 0 Å². The van der Waals surface area contributed by atoms with Crippen LogP contribution in [0.2, 0.25) is 0 Å². The number of aromatic hydroxyl groups is 2. The van der Waals surface area contributed by atoms with E-state index in [1.165, 1.54) is 6.07 Å². The van der Waals surface area contributed by atoms with Crippen molar-refractivity contribution in [1.29, 1.82) is 0 Å². The van der Waals surface area contributed by atoms with E-state index in [2.05, 4.69) is 23.1 Å². The zero-order valence-electron chi connectivity index (χ0n) is 16.3. The Morgan fingerprint density at radius 2 is 1.71 bits per heavy atom. The largest absolute Gasteiger partial charge is 0.508 e. The number of fused-ring (bicyclic) bond motifs is 1. The highest BCUT2D eigenvalue weighted by Crippen LogP contribution is 2.35. The molecule has 0 aliphatic carbocycles. The summed E-state index contributed by atoms with van der Waals surface area (Å²) in [7, 11) is 0. The fourth-order valence-electron chi connectivity index (χ4n) is 3.94. The van der Waals surface area contributed by atoms with Gasteiger partial charge in [0, 0.05) is 37.9 Å². The summed E-state index contributed by atoms with van der Waals surface area (Å²) in [6.07, 6.45) is 0. The van der Waals surface area contributed by atoms with Crippen molar-refractivity contribution in [3.63, 3.8) is 0 Å². The molecule has 6 heteroatoms. The van der Waals surface area contributed by atoms with Crippen molar-refractivity contribution in [2.45, 2.75) is 32.9 Å². The number of amides is 1. The lowest BCUT2D eigenvalue weighted by Gasteiger charge is -2.29. The summed E-state index contributed by atoms with van der Waals surface area (Å²) < 4.78 is 5.42. The van der Waals surface area contributed by atoms with E-state index in [1.807, 2.05) is 13.8 Å². The molecule has 0 atom stereocenters. The molecule has 4 rings (SSSR count). The van der Waals surface area contributed by atoms with Crippen LogP contribution in [0.1, 0.15) is 46.8 Å². The van der Waals surface area contributed by atoms with Crippen LogP contribution in [0.4, 0.5) is 5.69 Å². The summed E-state index contributed by atoms with van der Waals surface area (Å²) in [5, 5.41) is 20.3. The molecule has 2 aromatic carbocycles. The number of carbonyl (C=O) groups excluding carboxylic acids is 1. The molecule has 1 saturated heterocycles. The van der Waals surface area contributed by atoms with Crippen LogP contribution in [-0.2, 0) is 17.8 Å². The lowest BCUT2D eigenvalue weighted by Crippen LogP contribution is -2.36. The molecular formula is C22H26N2O4. The third-order valence-electron chi connectivity index (χ3n) is 5.57. The van der Waals surface area contributed by atoms with Gasteiger partial charge in [-0.1, -0.05) is 19.9 Å². The van der Waals surface area contributed by atoms with Crippen LogP contribution in [-0.4, -0.2) is 47.3 Å². The molecule has 0 spiro atoms. The second-order valence-electron chi connectivity index (χ2n) is 7.80. The molecule has 1 amide bonds. The molecule has 2 aliphatic heterocycles. The van der Waals surface area contributed by atoms with Gasteiger partial charge in [-0.25, -0.2) is 0 Å². The molecule has 0 aromatic heterocycles. The summed E-state index contributed by atoms with van der Waals surface area (Å²) in [5.74, 6) is -0.330.